The summed E-state index contributed by atoms with van der Waals surface area (Å²) in [6.07, 6.45) is 3.51. The average molecular weight is 257 g/mol. The van der Waals surface area contributed by atoms with Gasteiger partial charge in [0.15, 0.2) is 10.4 Å². The number of fused-ring (bicyclic) bond motifs is 1. The van der Waals surface area contributed by atoms with Crippen molar-refractivity contribution in [1.29, 1.82) is 0 Å². The summed E-state index contributed by atoms with van der Waals surface area (Å²) in [5, 5.41) is 4.42. The first-order chi connectivity index (χ1) is 8.65. The Balaban J connectivity index is 2.30. The van der Waals surface area contributed by atoms with E-state index in [-0.39, 0.29) is 0 Å². The molecule has 90 valence electrons. The summed E-state index contributed by atoms with van der Waals surface area (Å²) in [4.78, 5) is 11.4. The maximum absolute atomic E-state index is 5.03. The largest absolute Gasteiger partial charge is 0.330 e. The van der Waals surface area contributed by atoms with Crippen molar-refractivity contribution in [2.45, 2.75) is 13.8 Å². The first-order valence-electron chi connectivity index (χ1n) is 5.53. The predicted octanol–water partition coefficient (Wildman–Crippen LogP) is 2.47. The minimum Gasteiger partial charge on any atom is -0.330 e. The monoisotopic (exact) mass is 257 g/mol. The Bertz CT molecular complexity index is 787. The van der Waals surface area contributed by atoms with Gasteiger partial charge in [-0.25, -0.2) is 14.5 Å². The maximum Gasteiger partial charge on any atom is 0.197 e. The lowest BCUT2D eigenvalue weighted by atomic mass is 10.2. The molecule has 0 saturated heterocycles. The Hall–Kier alpha value is -2.08. The van der Waals surface area contributed by atoms with E-state index < -0.39 is 0 Å². The molecule has 18 heavy (non-hydrogen) atoms. The molecule has 0 unspecified atom stereocenters. The van der Waals surface area contributed by atoms with Gasteiger partial charge in [-0.2, -0.15) is 5.10 Å². The van der Waals surface area contributed by atoms with Crippen LogP contribution in [0.2, 0.25) is 0 Å². The highest BCUT2D eigenvalue weighted by molar-refractivity contribution is 7.71. The molecule has 3 rings (SSSR count). The van der Waals surface area contributed by atoms with Crippen molar-refractivity contribution in [1.82, 2.24) is 24.6 Å². The molecule has 0 saturated carbocycles. The van der Waals surface area contributed by atoms with Crippen LogP contribution in [0.15, 0.2) is 24.5 Å². The molecular weight excluding hydrogens is 246 g/mol. The third kappa shape index (κ3) is 1.70. The van der Waals surface area contributed by atoms with E-state index >= 15 is 0 Å². The molecule has 3 aromatic heterocycles. The third-order valence-corrected chi connectivity index (χ3v) is 3.02. The van der Waals surface area contributed by atoms with Gasteiger partial charge in [-0.05, 0) is 32.1 Å². The number of rotatable bonds is 1. The van der Waals surface area contributed by atoms with Crippen molar-refractivity contribution in [3.05, 3.63) is 40.7 Å². The van der Waals surface area contributed by atoms with Crippen LogP contribution in [-0.4, -0.2) is 24.6 Å². The fourth-order valence-electron chi connectivity index (χ4n) is 1.95. The van der Waals surface area contributed by atoms with Crippen molar-refractivity contribution < 1.29 is 0 Å². The SMILES string of the molecule is Cc1cc2ncc(-c3ccnc(=S)[nH]3)c(C)n2n1. The normalized spacial score (nSPS) is 11.0. The number of nitrogens with one attached hydrogen (secondary N) is 1. The van der Waals surface area contributed by atoms with E-state index in [0.717, 1.165) is 28.3 Å². The Kier molecular flexibility index (Phi) is 2.45. The predicted molar refractivity (Wildman–Crippen MR) is 70.9 cm³/mol. The van der Waals surface area contributed by atoms with Gasteiger partial charge in [-0.15, -0.1) is 0 Å². The van der Waals surface area contributed by atoms with Crippen LogP contribution in [0.25, 0.3) is 16.9 Å². The van der Waals surface area contributed by atoms with Crippen LogP contribution >= 0.6 is 12.2 Å². The van der Waals surface area contributed by atoms with Crippen molar-refractivity contribution in [3.63, 3.8) is 0 Å². The molecule has 0 fully saturated rings. The van der Waals surface area contributed by atoms with Gasteiger partial charge in [0.2, 0.25) is 0 Å². The minimum absolute atomic E-state index is 0.462. The highest BCUT2D eigenvalue weighted by Gasteiger charge is 2.08. The summed E-state index contributed by atoms with van der Waals surface area (Å²) in [6.45, 7) is 3.96. The first kappa shape index (κ1) is 11.0. The van der Waals surface area contributed by atoms with E-state index in [2.05, 4.69) is 20.1 Å². The number of nitrogens with zero attached hydrogens (tertiary/aromatic N) is 4. The lowest BCUT2D eigenvalue weighted by Crippen LogP contribution is -2.00. The van der Waals surface area contributed by atoms with Gasteiger partial charge < -0.3 is 4.98 Å². The van der Waals surface area contributed by atoms with E-state index in [0.29, 0.717) is 4.77 Å². The molecule has 0 radical (unpaired) electrons. The summed E-state index contributed by atoms with van der Waals surface area (Å²) in [6, 6.07) is 3.83. The van der Waals surface area contributed by atoms with E-state index in [9.17, 15) is 0 Å². The summed E-state index contributed by atoms with van der Waals surface area (Å²) in [5.74, 6) is 0. The van der Waals surface area contributed by atoms with Crippen LogP contribution in [0.1, 0.15) is 11.4 Å². The number of aromatic nitrogens is 5. The summed E-state index contributed by atoms with van der Waals surface area (Å²) >= 11 is 5.03. The smallest absolute Gasteiger partial charge is 0.197 e. The molecule has 0 amide bonds. The van der Waals surface area contributed by atoms with Crippen LogP contribution < -0.4 is 0 Å². The van der Waals surface area contributed by atoms with E-state index in [1.807, 2.05) is 36.7 Å². The summed E-state index contributed by atoms with van der Waals surface area (Å²) < 4.78 is 2.30. The second kappa shape index (κ2) is 3.99. The van der Waals surface area contributed by atoms with Crippen LogP contribution in [-0.2, 0) is 0 Å². The van der Waals surface area contributed by atoms with E-state index in [1.165, 1.54) is 0 Å². The van der Waals surface area contributed by atoms with Crippen LogP contribution in [0, 0.1) is 18.6 Å². The molecule has 0 aliphatic heterocycles. The van der Waals surface area contributed by atoms with E-state index in [1.54, 1.807) is 6.20 Å². The zero-order valence-corrected chi connectivity index (χ0v) is 10.8. The molecule has 0 atom stereocenters. The van der Waals surface area contributed by atoms with Gasteiger partial charge in [-0.3, -0.25) is 0 Å². The van der Waals surface area contributed by atoms with Crippen molar-refractivity contribution in [3.8, 4) is 11.3 Å². The van der Waals surface area contributed by atoms with Crippen LogP contribution in [0.3, 0.4) is 0 Å². The lowest BCUT2D eigenvalue weighted by molar-refractivity contribution is 0.878. The fraction of sp³-hybridized carbons (Fsp3) is 0.167. The van der Waals surface area contributed by atoms with Crippen molar-refractivity contribution >= 4 is 17.9 Å². The molecule has 0 spiro atoms. The Morgan fingerprint density at radius 3 is 2.89 bits per heavy atom. The Labute approximate surface area is 109 Å². The van der Waals surface area contributed by atoms with Gasteiger partial charge in [0.1, 0.15) is 0 Å². The zero-order valence-electron chi connectivity index (χ0n) is 10.0. The van der Waals surface area contributed by atoms with Crippen LogP contribution in [0.5, 0.6) is 0 Å². The highest BCUT2D eigenvalue weighted by Crippen LogP contribution is 2.20. The molecule has 1 N–H and O–H groups in total. The maximum atomic E-state index is 5.03. The summed E-state index contributed by atoms with van der Waals surface area (Å²) in [5.41, 5.74) is 4.69. The average Bonchev–Trinajstić information content (AvgIpc) is 2.71. The second-order valence-electron chi connectivity index (χ2n) is 4.10. The van der Waals surface area contributed by atoms with Gasteiger partial charge in [0.05, 0.1) is 17.1 Å². The molecule has 0 aromatic carbocycles. The van der Waals surface area contributed by atoms with Crippen molar-refractivity contribution in [2.75, 3.05) is 0 Å². The molecule has 5 nitrogen and oxygen atoms in total. The lowest BCUT2D eigenvalue weighted by Gasteiger charge is -2.06. The molecule has 0 aliphatic rings. The summed E-state index contributed by atoms with van der Waals surface area (Å²) in [7, 11) is 0. The topological polar surface area (TPSA) is 58.9 Å². The number of hydrogen-bond donors (Lipinski definition) is 1. The van der Waals surface area contributed by atoms with Gasteiger partial charge in [-0.1, -0.05) is 0 Å². The number of aromatic amines is 1. The van der Waals surface area contributed by atoms with Gasteiger partial charge >= 0.3 is 0 Å². The van der Waals surface area contributed by atoms with E-state index in [4.69, 9.17) is 12.2 Å². The number of H-pyrrole nitrogens is 1. The number of hydrogen-bond acceptors (Lipinski definition) is 4. The molecular formula is C12H11N5S. The standard InChI is InChI=1S/C12H11N5S/c1-7-5-11-14-6-9(8(2)17(11)16-7)10-3-4-13-12(18)15-10/h3-6H,1-2H3,(H,13,15,18). The molecule has 0 bridgehead atoms. The van der Waals surface area contributed by atoms with Crippen molar-refractivity contribution in [2.24, 2.45) is 0 Å². The fourth-order valence-corrected chi connectivity index (χ4v) is 2.12. The Morgan fingerprint density at radius 1 is 1.28 bits per heavy atom. The van der Waals surface area contributed by atoms with Crippen LogP contribution in [0.4, 0.5) is 0 Å². The first-order valence-corrected chi connectivity index (χ1v) is 5.93. The highest BCUT2D eigenvalue weighted by atomic mass is 32.1. The quantitative estimate of drug-likeness (QED) is 0.680. The number of aryl methyl sites for hydroxylation is 2. The van der Waals surface area contributed by atoms with Gasteiger partial charge in [0, 0.05) is 24.0 Å². The molecule has 0 aliphatic carbocycles. The Morgan fingerprint density at radius 2 is 2.11 bits per heavy atom. The third-order valence-electron chi connectivity index (χ3n) is 2.81. The molecule has 3 heterocycles. The van der Waals surface area contributed by atoms with Gasteiger partial charge in [0.25, 0.3) is 0 Å². The zero-order chi connectivity index (χ0) is 12.7. The second-order valence-corrected chi connectivity index (χ2v) is 4.49. The molecule has 6 heteroatoms. The minimum atomic E-state index is 0.462. The molecule has 3 aromatic rings.